The third-order valence-electron chi connectivity index (χ3n) is 3.04. The first-order valence-electron chi connectivity index (χ1n) is 6.46. The summed E-state index contributed by atoms with van der Waals surface area (Å²) in [7, 11) is 0. The Kier molecular flexibility index (Phi) is 4.95. The van der Waals surface area contributed by atoms with Crippen molar-refractivity contribution in [2.24, 2.45) is 0 Å². The summed E-state index contributed by atoms with van der Waals surface area (Å²) in [6, 6.07) is 0. The molecule has 0 radical (unpaired) electrons. The molecular formula is C13H26N2O2. The van der Waals surface area contributed by atoms with E-state index in [9.17, 15) is 4.79 Å². The summed E-state index contributed by atoms with van der Waals surface area (Å²) in [5, 5.41) is 0. The van der Waals surface area contributed by atoms with E-state index >= 15 is 0 Å². The SMILES string of the molecule is CC(C)OC(=O)CN1CCN(C(C)(C)C)CC1. The van der Waals surface area contributed by atoms with E-state index in [0.717, 1.165) is 26.2 Å². The Morgan fingerprint density at radius 3 is 2.12 bits per heavy atom. The van der Waals surface area contributed by atoms with Crippen LogP contribution in [0.2, 0.25) is 0 Å². The van der Waals surface area contributed by atoms with E-state index in [1.54, 1.807) is 0 Å². The molecule has 1 rings (SSSR count). The highest BCUT2D eigenvalue weighted by molar-refractivity contribution is 5.71. The number of rotatable bonds is 3. The molecule has 0 bridgehead atoms. The van der Waals surface area contributed by atoms with E-state index in [1.165, 1.54) is 0 Å². The van der Waals surface area contributed by atoms with Crippen LogP contribution in [0.3, 0.4) is 0 Å². The highest BCUT2D eigenvalue weighted by Crippen LogP contribution is 2.15. The minimum Gasteiger partial charge on any atom is -0.462 e. The first-order chi connectivity index (χ1) is 7.79. The maximum absolute atomic E-state index is 11.5. The molecule has 0 spiro atoms. The van der Waals surface area contributed by atoms with Gasteiger partial charge in [-0.15, -0.1) is 0 Å². The monoisotopic (exact) mass is 242 g/mol. The van der Waals surface area contributed by atoms with Crippen molar-refractivity contribution >= 4 is 5.97 Å². The summed E-state index contributed by atoms with van der Waals surface area (Å²) in [5.74, 6) is -0.107. The van der Waals surface area contributed by atoms with Crippen LogP contribution in [0.15, 0.2) is 0 Å². The van der Waals surface area contributed by atoms with Gasteiger partial charge in [-0.1, -0.05) is 0 Å². The van der Waals surface area contributed by atoms with Crippen molar-refractivity contribution in [3.63, 3.8) is 0 Å². The van der Waals surface area contributed by atoms with Crippen LogP contribution in [-0.4, -0.2) is 60.1 Å². The van der Waals surface area contributed by atoms with Gasteiger partial charge in [0.05, 0.1) is 12.6 Å². The Bertz CT molecular complexity index is 251. The van der Waals surface area contributed by atoms with Gasteiger partial charge in [0.2, 0.25) is 0 Å². The summed E-state index contributed by atoms with van der Waals surface area (Å²) < 4.78 is 5.15. The Balaban J connectivity index is 2.30. The molecule has 1 heterocycles. The zero-order valence-electron chi connectivity index (χ0n) is 11.8. The molecule has 0 atom stereocenters. The second kappa shape index (κ2) is 5.83. The fraction of sp³-hybridized carbons (Fsp3) is 0.923. The molecule has 0 amide bonds. The van der Waals surface area contributed by atoms with Crippen molar-refractivity contribution in [2.45, 2.75) is 46.3 Å². The largest absolute Gasteiger partial charge is 0.462 e. The quantitative estimate of drug-likeness (QED) is 0.700. The second-order valence-electron chi connectivity index (χ2n) is 5.97. The van der Waals surface area contributed by atoms with Gasteiger partial charge in [-0.3, -0.25) is 14.6 Å². The molecule has 0 aromatic rings. The third-order valence-corrected chi connectivity index (χ3v) is 3.04. The molecule has 0 N–H and O–H groups in total. The molecule has 0 unspecified atom stereocenters. The van der Waals surface area contributed by atoms with Crippen molar-refractivity contribution in [1.29, 1.82) is 0 Å². The summed E-state index contributed by atoms with van der Waals surface area (Å²) in [6.07, 6.45) is -0.0154. The fourth-order valence-electron chi connectivity index (χ4n) is 2.06. The number of esters is 1. The van der Waals surface area contributed by atoms with Crippen molar-refractivity contribution in [1.82, 2.24) is 9.80 Å². The van der Waals surface area contributed by atoms with Crippen LogP contribution >= 0.6 is 0 Å². The number of hydrogen-bond acceptors (Lipinski definition) is 4. The fourth-order valence-corrected chi connectivity index (χ4v) is 2.06. The van der Waals surface area contributed by atoms with Gasteiger partial charge in [0.1, 0.15) is 0 Å². The van der Waals surface area contributed by atoms with Crippen LogP contribution in [0.5, 0.6) is 0 Å². The van der Waals surface area contributed by atoms with Crippen molar-refractivity contribution in [2.75, 3.05) is 32.7 Å². The average molecular weight is 242 g/mol. The molecule has 100 valence electrons. The van der Waals surface area contributed by atoms with Gasteiger partial charge in [0, 0.05) is 31.7 Å². The number of nitrogens with zero attached hydrogens (tertiary/aromatic N) is 2. The van der Waals surface area contributed by atoms with Crippen LogP contribution in [0.1, 0.15) is 34.6 Å². The van der Waals surface area contributed by atoms with Gasteiger partial charge < -0.3 is 4.74 Å². The maximum Gasteiger partial charge on any atom is 0.320 e. The van der Waals surface area contributed by atoms with Gasteiger partial charge in [-0.05, 0) is 34.6 Å². The molecule has 4 nitrogen and oxygen atoms in total. The van der Waals surface area contributed by atoms with E-state index in [-0.39, 0.29) is 17.6 Å². The lowest BCUT2D eigenvalue weighted by molar-refractivity contribution is -0.149. The normalized spacial score (nSPS) is 19.6. The first-order valence-corrected chi connectivity index (χ1v) is 6.46. The van der Waals surface area contributed by atoms with Gasteiger partial charge in [0.15, 0.2) is 0 Å². The molecule has 4 heteroatoms. The number of piperazine rings is 1. The van der Waals surface area contributed by atoms with E-state index in [1.807, 2.05) is 13.8 Å². The van der Waals surface area contributed by atoms with Gasteiger partial charge in [0.25, 0.3) is 0 Å². The molecule has 1 fully saturated rings. The van der Waals surface area contributed by atoms with Crippen molar-refractivity contribution in [3.8, 4) is 0 Å². The van der Waals surface area contributed by atoms with Crippen LogP contribution in [0.4, 0.5) is 0 Å². The first kappa shape index (κ1) is 14.5. The lowest BCUT2D eigenvalue weighted by atomic mass is 10.1. The van der Waals surface area contributed by atoms with E-state index < -0.39 is 0 Å². The predicted molar refractivity (Wildman–Crippen MR) is 69.0 cm³/mol. The topological polar surface area (TPSA) is 32.8 Å². The molecule has 1 aliphatic heterocycles. The van der Waals surface area contributed by atoms with Crippen molar-refractivity contribution < 1.29 is 9.53 Å². The number of ether oxygens (including phenoxy) is 1. The average Bonchev–Trinajstić information content (AvgIpc) is 2.15. The Labute approximate surface area is 105 Å². The molecule has 1 saturated heterocycles. The van der Waals surface area contributed by atoms with Crippen LogP contribution in [0.25, 0.3) is 0 Å². The van der Waals surface area contributed by atoms with Crippen LogP contribution in [0, 0.1) is 0 Å². The summed E-state index contributed by atoms with van der Waals surface area (Å²) in [4.78, 5) is 16.2. The minimum absolute atomic E-state index is 0.0154. The molecule has 0 aromatic carbocycles. The number of carbonyl (C=O) groups excluding carboxylic acids is 1. The molecule has 0 aromatic heterocycles. The minimum atomic E-state index is -0.107. The smallest absolute Gasteiger partial charge is 0.320 e. The van der Waals surface area contributed by atoms with E-state index in [4.69, 9.17) is 4.74 Å². The molecule has 0 aliphatic carbocycles. The van der Waals surface area contributed by atoms with E-state index in [0.29, 0.717) is 6.54 Å². The number of hydrogen-bond donors (Lipinski definition) is 0. The molecular weight excluding hydrogens is 216 g/mol. The Morgan fingerprint density at radius 2 is 1.71 bits per heavy atom. The standard InChI is InChI=1S/C13H26N2O2/c1-11(2)17-12(16)10-14-6-8-15(9-7-14)13(3,4)5/h11H,6-10H2,1-5H3. The lowest BCUT2D eigenvalue weighted by Gasteiger charge is -2.42. The zero-order valence-corrected chi connectivity index (χ0v) is 11.8. The molecule has 1 aliphatic rings. The summed E-state index contributed by atoms with van der Waals surface area (Å²) in [5.41, 5.74) is 0.227. The third kappa shape index (κ3) is 5.04. The van der Waals surface area contributed by atoms with Crippen LogP contribution < -0.4 is 0 Å². The Hall–Kier alpha value is -0.610. The second-order valence-corrected chi connectivity index (χ2v) is 5.97. The molecule has 0 saturated carbocycles. The van der Waals surface area contributed by atoms with Crippen LogP contribution in [-0.2, 0) is 9.53 Å². The number of carbonyl (C=O) groups is 1. The van der Waals surface area contributed by atoms with Crippen molar-refractivity contribution in [3.05, 3.63) is 0 Å². The zero-order chi connectivity index (χ0) is 13.1. The Morgan fingerprint density at radius 1 is 1.18 bits per heavy atom. The highest BCUT2D eigenvalue weighted by Gasteiger charge is 2.26. The summed E-state index contributed by atoms with van der Waals surface area (Å²) in [6.45, 7) is 14.8. The maximum atomic E-state index is 11.5. The predicted octanol–water partition coefficient (Wildman–Crippen LogP) is 1.35. The molecule has 17 heavy (non-hydrogen) atoms. The van der Waals surface area contributed by atoms with Gasteiger partial charge >= 0.3 is 5.97 Å². The van der Waals surface area contributed by atoms with E-state index in [2.05, 4.69) is 30.6 Å². The van der Waals surface area contributed by atoms with Gasteiger partial charge in [-0.2, -0.15) is 0 Å². The lowest BCUT2D eigenvalue weighted by Crippen LogP contribution is -2.54. The highest BCUT2D eigenvalue weighted by atomic mass is 16.5. The van der Waals surface area contributed by atoms with Gasteiger partial charge in [-0.25, -0.2) is 0 Å². The summed E-state index contributed by atoms with van der Waals surface area (Å²) >= 11 is 0.